The molecule has 0 amide bonds. The molecule has 7 heteroatoms. The first kappa shape index (κ1) is 19.2. The van der Waals surface area contributed by atoms with E-state index < -0.39 is 5.60 Å². The van der Waals surface area contributed by atoms with Gasteiger partial charge in [0.05, 0.1) is 18.3 Å². The summed E-state index contributed by atoms with van der Waals surface area (Å²) in [6.45, 7) is 1.72. The lowest BCUT2D eigenvalue weighted by molar-refractivity contribution is -0.0848. The van der Waals surface area contributed by atoms with Crippen molar-refractivity contribution in [3.63, 3.8) is 0 Å². The van der Waals surface area contributed by atoms with Crippen LogP contribution in [0.5, 0.6) is 0 Å². The lowest BCUT2D eigenvalue weighted by Gasteiger charge is -2.35. The number of nitrogens with zero attached hydrogens (tertiary/aromatic N) is 3. The highest BCUT2D eigenvalue weighted by Gasteiger charge is 2.31. The Bertz CT molecular complexity index is 825. The molecule has 1 aliphatic carbocycles. The molecule has 7 nitrogen and oxygen atoms in total. The van der Waals surface area contributed by atoms with Crippen LogP contribution in [-0.4, -0.2) is 51.3 Å². The van der Waals surface area contributed by atoms with Gasteiger partial charge < -0.3 is 15.2 Å². The van der Waals surface area contributed by atoms with E-state index in [2.05, 4.69) is 15.4 Å². The standard InChI is InChI=1S/C21H28N4O3/c26-20-7-6-19(16-8-11-22-12-9-16)24-25(20)18-4-2-17(3-5-18)23-14-21(27)10-1-13-28-15-21/h6-9,11-12,17-18,23,27H,1-5,10,13-15H2. The summed E-state index contributed by atoms with van der Waals surface area (Å²) >= 11 is 0. The fourth-order valence-corrected chi connectivity index (χ4v) is 4.20. The topological polar surface area (TPSA) is 89.3 Å². The Labute approximate surface area is 164 Å². The van der Waals surface area contributed by atoms with Crippen LogP contribution >= 0.6 is 0 Å². The number of aromatic nitrogens is 3. The van der Waals surface area contributed by atoms with Crippen molar-refractivity contribution in [2.24, 2.45) is 0 Å². The van der Waals surface area contributed by atoms with Crippen molar-refractivity contribution in [2.75, 3.05) is 19.8 Å². The lowest BCUT2D eigenvalue weighted by atomic mass is 9.90. The fourth-order valence-electron chi connectivity index (χ4n) is 4.20. The van der Waals surface area contributed by atoms with Crippen LogP contribution in [0, 0.1) is 0 Å². The predicted molar refractivity (Wildman–Crippen MR) is 106 cm³/mol. The summed E-state index contributed by atoms with van der Waals surface area (Å²) in [7, 11) is 0. The van der Waals surface area contributed by atoms with Gasteiger partial charge in [-0.2, -0.15) is 5.10 Å². The molecule has 1 saturated carbocycles. The zero-order valence-corrected chi connectivity index (χ0v) is 16.1. The Morgan fingerprint density at radius 3 is 2.68 bits per heavy atom. The number of ether oxygens (including phenoxy) is 1. The van der Waals surface area contributed by atoms with Gasteiger partial charge in [0.2, 0.25) is 0 Å². The smallest absolute Gasteiger partial charge is 0.267 e. The fraction of sp³-hybridized carbons (Fsp3) is 0.571. The van der Waals surface area contributed by atoms with Crippen LogP contribution in [0.15, 0.2) is 41.5 Å². The Hall–Kier alpha value is -2.09. The SMILES string of the molecule is O=c1ccc(-c2ccncc2)nn1C1CCC(NCC2(O)CCCOC2)CC1. The molecule has 2 fully saturated rings. The van der Waals surface area contributed by atoms with Crippen molar-refractivity contribution in [1.29, 1.82) is 0 Å². The van der Waals surface area contributed by atoms with Crippen LogP contribution in [0.2, 0.25) is 0 Å². The monoisotopic (exact) mass is 384 g/mol. The maximum atomic E-state index is 12.4. The molecule has 0 aromatic carbocycles. The molecule has 1 unspecified atom stereocenters. The zero-order valence-electron chi connectivity index (χ0n) is 16.1. The van der Waals surface area contributed by atoms with E-state index in [9.17, 15) is 9.90 Å². The first-order chi connectivity index (χ1) is 13.6. The van der Waals surface area contributed by atoms with E-state index in [0.717, 1.165) is 56.4 Å². The average molecular weight is 384 g/mol. The molecular weight excluding hydrogens is 356 g/mol. The van der Waals surface area contributed by atoms with Gasteiger partial charge in [0.25, 0.3) is 5.56 Å². The number of pyridine rings is 1. The first-order valence-electron chi connectivity index (χ1n) is 10.2. The minimum absolute atomic E-state index is 0.0529. The first-order valence-corrected chi connectivity index (χ1v) is 10.2. The molecule has 28 heavy (non-hydrogen) atoms. The molecule has 3 heterocycles. The molecule has 0 spiro atoms. The molecule has 2 aromatic heterocycles. The zero-order chi connectivity index (χ0) is 19.4. The van der Waals surface area contributed by atoms with Crippen LogP contribution in [0.3, 0.4) is 0 Å². The van der Waals surface area contributed by atoms with Gasteiger partial charge in [-0.25, -0.2) is 4.68 Å². The lowest BCUT2D eigenvalue weighted by Crippen LogP contribution is -2.50. The van der Waals surface area contributed by atoms with Gasteiger partial charge in [0.15, 0.2) is 0 Å². The molecule has 4 rings (SSSR count). The Morgan fingerprint density at radius 1 is 1.18 bits per heavy atom. The third-order valence-electron chi connectivity index (χ3n) is 5.87. The Balaban J connectivity index is 1.36. The molecule has 150 valence electrons. The molecule has 2 aromatic rings. The highest BCUT2D eigenvalue weighted by molar-refractivity contribution is 5.57. The van der Waals surface area contributed by atoms with E-state index in [1.165, 1.54) is 0 Å². The van der Waals surface area contributed by atoms with Gasteiger partial charge in [-0.3, -0.25) is 9.78 Å². The van der Waals surface area contributed by atoms with Crippen LogP contribution in [0.1, 0.15) is 44.6 Å². The molecule has 0 bridgehead atoms. The van der Waals surface area contributed by atoms with E-state index in [-0.39, 0.29) is 11.6 Å². The minimum Gasteiger partial charge on any atom is -0.386 e. The Morgan fingerprint density at radius 2 is 1.96 bits per heavy atom. The van der Waals surface area contributed by atoms with Gasteiger partial charge in [-0.1, -0.05) is 0 Å². The van der Waals surface area contributed by atoms with Gasteiger partial charge in [0, 0.05) is 43.2 Å². The normalized spacial score (nSPS) is 28.2. The van der Waals surface area contributed by atoms with Crippen molar-refractivity contribution in [2.45, 2.75) is 56.2 Å². The van der Waals surface area contributed by atoms with Gasteiger partial charge >= 0.3 is 0 Å². The summed E-state index contributed by atoms with van der Waals surface area (Å²) in [6.07, 6.45) is 8.90. The molecule has 1 atom stereocenters. The summed E-state index contributed by atoms with van der Waals surface area (Å²) < 4.78 is 7.07. The van der Waals surface area contributed by atoms with Gasteiger partial charge in [-0.05, 0) is 56.7 Å². The van der Waals surface area contributed by atoms with Crippen molar-refractivity contribution in [3.8, 4) is 11.3 Å². The number of rotatable bonds is 5. The second-order valence-corrected chi connectivity index (χ2v) is 8.00. The summed E-state index contributed by atoms with van der Waals surface area (Å²) in [5, 5.41) is 18.7. The van der Waals surface area contributed by atoms with Crippen LogP contribution in [0.4, 0.5) is 0 Å². The van der Waals surface area contributed by atoms with Crippen LogP contribution in [-0.2, 0) is 4.74 Å². The minimum atomic E-state index is -0.744. The quantitative estimate of drug-likeness (QED) is 0.819. The summed E-state index contributed by atoms with van der Waals surface area (Å²) in [4.78, 5) is 16.4. The highest BCUT2D eigenvalue weighted by Crippen LogP contribution is 2.28. The van der Waals surface area contributed by atoms with Crippen molar-refractivity contribution in [3.05, 3.63) is 47.0 Å². The average Bonchev–Trinajstić information content (AvgIpc) is 2.74. The molecule has 1 aliphatic heterocycles. The van der Waals surface area contributed by atoms with E-state index in [0.29, 0.717) is 19.2 Å². The third kappa shape index (κ3) is 4.48. The molecule has 2 aliphatic rings. The molecular formula is C21H28N4O3. The van der Waals surface area contributed by atoms with Crippen molar-refractivity contribution in [1.82, 2.24) is 20.1 Å². The van der Waals surface area contributed by atoms with E-state index in [1.807, 2.05) is 12.1 Å². The van der Waals surface area contributed by atoms with Crippen molar-refractivity contribution >= 4 is 0 Å². The predicted octanol–water partition coefficient (Wildman–Crippen LogP) is 1.92. The Kier molecular flexibility index (Phi) is 5.85. The van der Waals surface area contributed by atoms with Crippen LogP contribution < -0.4 is 10.9 Å². The highest BCUT2D eigenvalue weighted by atomic mass is 16.5. The second kappa shape index (κ2) is 8.51. The second-order valence-electron chi connectivity index (χ2n) is 8.00. The molecule has 1 saturated heterocycles. The van der Waals surface area contributed by atoms with E-state index in [1.54, 1.807) is 29.2 Å². The number of aliphatic hydroxyl groups is 1. The number of nitrogens with one attached hydrogen (secondary N) is 1. The van der Waals surface area contributed by atoms with E-state index in [4.69, 9.17) is 4.74 Å². The maximum absolute atomic E-state index is 12.4. The largest absolute Gasteiger partial charge is 0.386 e. The summed E-state index contributed by atoms with van der Waals surface area (Å²) in [6, 6.07) is 7.66. The van der Waals surface area contributed by atoms with Crippen LogP contribution in [0.25, 0.3) is 11.3 Å². The van der Waals surface area contributed by atoms with Gasteiger partial charge in [-0.15, -0.1) is 0 Å². The summed E-state index contributed by atoms with van der Waals surface area (Å²) in [5.41, 5.74) is 0.957. The number of hydrogen-bond acceptors (Lipinski definition) is 6. The molecule has 0 radical (unpaired) electrons. The summed E-state index contributed by atoms with van der Waals surface area (Å²) in [5.74, 6) is 0. The number of hydrogen-bond donors (Lipinski definition) is 2. The molecule has 2 N–H and O–H groups in total. The third-order valence-corrected chi connectivity index (χ3v) is 5.87. The van der Waals surface area contributed by atoms with Crippen molar-refractivity contribution < 1.29 is 9.84 Å². The van der Waals surface area contributed by atoms with Gasteiger partial charge in [0.1, 0.15) is 5.60 Å². The maximum Gasteiger partial charge on any atom is 0.267 e. The van der Waals surface area contributed by atoms with E-state index >= 15 is 0 Å².